The number of benzene rings is 1. The summed E-state index contributed by atoms with van der Waals surface area (Å²) in [4.78, 5) is 30.4. The van der Waals surface area contributed by atoms with E-state index in [2.05, 4.69) is 16.0 Å². The van der Waals surface area contributed by atoms with E-state index < -0.39 is 0 Å². The zero-order valence-electron chi connectivity index (χ0n) is 15.6. The first-order valence-electron chi connectivity index (χ1n) is 8.83. The predicted molar refractivity (Wildman–Crippen MR) is 107 cm³/mol. The zero-order valence-corrected chi connectivity index (χ0v) is 15.6. The molecule has 0 saturated carbocycles. The van der Waals surface area contributed by atoms with E-state index >= 15 is 0 Å². The fourth-order valence-electron chi connectivity index (χ4n) is 3.12. The average molecular weight is 384 g/mol. The van der Waals surface area contributed by atoms with Crippen molar-refractivity contribution < 1.29 is 14.0 Å². The van der Waals surface area contributed by atoms with Gasteiger partial charge in [0.05, 0.1) is 30.3 Å². The van der Waals surface area contributed by atoms with Crippen molar-refractivity contribution >= 4 is 23.0 Å². The Morgan fingerprint density at radius 2 is 2.10 bits per heavy atom. The van der Waals surface area contributed by atoms with E-state index in [9.17, 15) is 9.59 Å². The normalized spacial score (nSPS) is 10.6. The lowest BCUT2D eigenvalue weighted by molar-refractivity contribution is -0.116. The maximum absolute atomic E-state index is 12.7. The lowest BCUT2D eigenvalue weighted by Gasteiger charge is -2.19. The molecule has 142 valence electrons. The van der Waals surface area contributed by atoms with Crippen LogP contribution in [0, 0.1) is 12.3 Å². The molecule has 3 heterocycles. The van der Waals surface area contributed by atoms with E-state index in [1.807, 2.05) is 24.3 Å². The molecule has 0 aliphatic heterocycles. The minimum Gasteiger partial charge on any atom is -0.461 e. The highest BCUT2D eigenvalue weighted by Gasteiger charge is 2.20. The molecule has 0 unspecified atom stereocenters. The lowest BCUT2D eigenvalue weighted by Crippen LogP contribution is -2.28. The summed E-state index contributed by atoms with van der Waals surface area (Å²) in [6.07, 6.45) is 9.92. The zero-order chi connectivity index (χ0) is 20.4. The second kappa shape index (κ2) is 7.44. The minimum absolute atomic E-state index is 0.148. The number of carbonyl (C=O) groups is 2. The summed E-state index contributed by atoms with van der Waals surface area (Å²) in [6, 6.07) is 12.4. The maximum Gasteiger partial charge on any atom is 0.233 e. The molecule has 0 saturated heterocycles. The molecule has 0 radical (unpaired) electrons. The summed E-state index contributed by atoms with van der Waals surface area (Å²) < 4.78 is 6.79. The first kappa shape index (κ1) is 18.2. The number of nitrogens with zero attached hydrogens (tertiary/aromatic N) is 4. The van der Waals surface area contributed by atoms with E-state index in [0.717, 1.165) is 11.3 Å². The first-order chi connectivity index (χ1) is 14.1. The summed E-state index contributed by atoms with van der Waals surface area (Å²) in [5.74, 6) is 2.28. The molecule has 0 spiro atoms. The Bertz CT molecular complexity index is 1250. The highest BCUT2D eigenvalue weighted by Crippen LogP contribution is 2.26. The largest absolute Gasteiger partial charge is 0.461 e. The molecule has 0 N–H and O–H groups in total. The van der Waals surface area contributed by atoms with Crippen molar-refractivity contribution in [3.63, 3.8) is 0 Å². The molecule has 0 bridgehead atoms. The standard InChI is InChI=1S/C22H16N4O3/c1-3-11-25(15(2)27)17-7-4-6-16(13-17)19-9-10-23-22-18(14-24-26(19)22)21(28)20-8-5-12-29-20/h1,4-10,12-14H,11H2,2H3. The SMILES string of the molecule is C#CCN(C(C)=O)c1cccc(-c2ccnc3c(C(=O)c4ccco4)cnn23)c1. The molecule has 29 heavy (non-hydrogen) atoms. The number of terminal acetylenes is 1. The molecule has 7 heteroatoms. The lowest BCUT2D eigenvalue weighted by atomic mass is 10.1. The molecule has 0 aliphatic carbocycles. The fourth-order valence-corrected chi connectivity index (χ4v) is 3.12. The molecule has 0 atom stereocenters. The molecule has 4 rings (SSSR count). The van der Waals surface area contributed by atoms with E-state index in [1.165, 1.54) is 24.3 Å². The number of aromatic nitrogens is 3. The van der Waals surface area contributed by atoms with E-state index in [1.54, 1.807) is 28.9 Å². The highest BCUT2D eigenvalue weighted by atomic mass is 16.3. The quantitative estimate of drug-likeness (QED) is 0.390. The molecular weight excluding hydrogens is 368 g/mol. The van der Waals surface area contributed by atoms with Crippen LogP contribution in [-0.4, -0.2) is 32.8 Å². The number of hydrogen-bond acceptors (Lipinski definition) is 5. The number of anilines is 1. The van der Waals surface area contributed by atoms with Crippen molar-refractivity contribution in [3.05, 3.63) is 72.4 Å². The summed E-state index contributed by atoms with van der Waals surface area (Å²) in [6.45, 7) is 1.64. The van der Waals surface area contributed by atoms with Crippen LogP contribution in [0.2, 0.25) is 0 Å². The molecular formula is C22H16N4O3. The Morgan fingerprint density at radius 1 is 1.24 bits per heavy atom. The Kier molecular flexibility index (Phi) is 4.67. The van der Waals surface area contributed by atoms with Crippen molar-refractivity contribution in [1.29, 1.82) is 0 Å². The van der Waals surface area contributed by atoms with Gasteiger partial charge in [0.2, 0.25) is 11.7 Å². The maximum atomic E-state index is 12.7. The van der Waals surface area contributed by atoms with Gasteiger partial charge in [-0.3, -0.25) is 9.59 Å². The molecule has 7 nitrogen and oxygen atoms in total. The first-order valence-corrected chi connectivity index (χ1v) is 8.83. The highest BCUT2D eigenvalue weighted by molar-refractivity contribution is 6.10. The number of ketones is 1. The summed E-state index contributed by atoms with van der Waals surface area (Å²) in [5, 5.41) is 4.35. The van der Waals surface area contributed by atoms with Gasteiger partial charge >= 0.3 is 0 Å². The van der Waals surface area contributed by atoms with Gasteiger partial charge in [-0.15, -0.1) is 6.42 Å². The van der Waals surface area contributed by atoms with Gasteiger partial charge in [-0.05, 0) is 30.3 Å². The summed E-state index contributed by atoms with van der Waals surface area (Å²) >= 11 is 0. The topological polar surface area (TPSA) is 80.7 Å². The predicted octanol–water partition coefficient (Wildman–Crippen LogP) is 3.21. The van der Waals surface area contributed by atoms with Gasteiger partial charge in [0.25, 0.3) is 0 Å². The molecule has 4 aromatic rings. The second-order valence-corrected chi connectivity index (χ2v) is 6.29. The van der Waals surface area contributed by atoms with Gasteiger partial charge in [0.1, 0.15) is 0 Å². The number of hydrogen-bond donors (Lipinski definition) is 0. The third kappa shape index (κ3) is 3.28. The third-order valence-electron chi connectivity index (χ3n) is 4.47. The molecule has 0 fully saturated rings. The van der Waals surface area contributed by atoms with E-state index in [0.29, 0.717) is 16.9 Å². The van der Waals surface area contributed by atoms with Crippen molar-refractivity contribution in [3.8, 4) is 23.6 Å². The summed E-state index contributed by atoms with van der Waals surface area (Å²) in [7, 11) is 0. The third-order valence-corrected chi connectivity index (χ3v) is 4.47. The van der Waals surface area contributed by atoms with Gasteiger partial charge < -0.3 is 9.32 Å². The monoisotopic (exact) mass is 384 g/mol. The molecule has 1 aromatic carbocycles. The Balaban J connectivity index is 1.80. The average Bonchev–Trinajstić information content (AvgIpc) is 3.41. The van der Waals surface area contributed by atoms with Crippen molar-refractivity contribution in [2.45, 2.75) is 6.92 Å². The molecule has 1 amide bonds. The van der Waals surface area contributed by atoms with Gasteiger partial charge in [-0.2, -0.15) is 5.10 Å². The van der Waals surface area contributed by atoms with E-state index in [-0.39, 0.29) is 24.0 Å². The summed E-state index contributed by atoms with van der Waals surface area (Å²) in [5.41, 5.74) is 2.96. The van der Waals surface area contributed by atoms with Crippen LogP contribution in [0.1, 0.15) is 23.0 Å². The molecule has 0 aliphatic rings. The van der Waals surface area contributed by atoms with Crippen LogP contribution in [-0.2, 0) is 4.79 Å². The van der Waals surface area contributed by atoms with Crippen LogP contribution >= 0.6 is 0 Å². The smallest absolute Gasteiger partial charge is 0.233 e. The van der Waals surface area contributed by atoms with Crippen LogP contribution in [0.3, 0.4) is 0 Å². The van der Waals surface area contributed by atoms with Crippen LogP contribution in [0.5, 0.6) is 0 Å². The van der Waals surface area contributed by atoms with Crippen LogP contribution in [0.4, 0.5) is 5.69 Å². The van der Waals surface area contributed by atoms with Crippen molar-refractivity contribution in [2.75, 3.05) is 11.4 Å². The Morgan fingerprint density at radius 3 is 2.83 bits per heavy atom. The number of carbonyl (C=O) groups excluding carboxylic acids is 2. The van der Waals surface area contributed by atoms with Crippen LogP contribution in [0.25, 0.3) is 16.9 Å². The minimum atomic E-state index is -0.292. The number of rotatable bonds is 5. The number of amides is 1. The van der Waals surface area contributed by atoms with Crippen LogP contribution < -0.4 is 4.90 Å². The number of fused-ring (bicyclic) bond motifs is 1. The Hall–Kier alpha value is -4.18. The van der Waals surface area contributed by atoms with Crippen LogP contribution in [0.15, 0.2) is 65.5 Å². The fraction of sp³-hybridized carbons (Fsp3) is 0.0909. The van der Waals surface area contributed by atoms with E-state index in [4.69, 9.17) is 10.8 Å². The number of furan rings is 1. The second-order valence-electron chi connectivity index (χ2n) is 6.29. The van der Waals surface area contributed by atoms with Crippen molar-refractivity contribution in [1.82, 2.24) is 14.6 Å². The van der Waals surface area contributed by atoms with Crippen molar-refractivity contribution in [2.24, 2.45) is 0 Å². The van der Waals surface area contributed by atoms with Gasteiger partial charge in [-0.1, -0.05) is 18.1 Å². The van der Waals surface area contributed by atoms with Gasteiger partial charge in [0, 0.05) is 24.4 Å². The van der Waals surface area contributed by atoms with Gasteiger partial charge in [0.15, 0.2) is 11.4 Å². The van der Waals surface area contributed by atoms with Gasteiger partial charge in [-0.25, -0.2) is 9.50 Å². The molecule has 3 aromatic heterocycles. The Labute approximate surface area is 166 Å².